The Balaban J connectivity index is 2.43. The zero-order chi connectivity index (χ0) is 15.2. The SMILES string of the molecule is CCCCC[C@@H](/C=C/C=C\CCO)OCc1ccccc1. The van der Waals surface area contributed by atoms with Crippen LogP contribution in [0, 0.1) is 0 Å². The number of allylic oxidation sites excluding steroid dienone is 2. The van der Waals surface area contributed by atoms with E-state index in [0.717, 1.165) is 6.42 Å². The van der Waals surface area contributed by atoms with Crippen LogP contribution in [0.25, 0.3) is 0 Å². The van der Waals surface area contributed by atoms with Crippen molar-refractivity contribution in [3.8, 4) is 0 Å². The first-order valence-electron chi connectivity index (χ1n) is 7.96. The van der Waals surface area contributed by atoms with Crippen molar-refractivity contribution >= 4 is 0 Å². The lowest BCUT2D eigenvalue weighted by atomic mass is 10.1. The van der Waals surface area contributed by atoms with Crippen molar-refractivity contribution in [1.29, 1.82) is 0 Å². The van der Waals surface area contributed by atoms with E-state index in [2.05, 4.69) is 25.1 Å². The molecule has 2 nitrogen and oxygen atoms in total. The van der Waals surface area contributed by atoms with Gasteiger partial charge in [-0.15, -0.1) is 0 Å². The summed E-state index contributed by atoms with van der Waals surface area (Å²) in [5.74, 6) is 0. The molecule has 0 bridgehead atoms. The smallest absolute Gasteiger partial charge is 0.0763 e. The molecule has 0 radical (unpaired) electrons. The molecule has 0 amide bonds. The third-order valence-corrected chi connectivity index (χ3v) is 3.27. The molecule has 0 saturated heterocycles. The minimum absolute atomic E-state index is 0.163. The van der Waals surface area contributed by atoms with Crippen molar-refractivity contribution in [3.05, 3.63) is 60.2 Å². The molecule has 0 aliphatic rings. The molecule has 0 unspecified atom stereocenters. The summed E-state index contributed by atoms with van der Waals surface area (Å²) in [5, 5.41) is 8.73. The number of benzene rings is 1. The van der Waals surface area contributed by atoms with Crippen molar-refractivity contribution in [2.75, 3.05) is 6.61 Å². The Morgan fingerprint density at radius 2 is 1.95 bits per heavy atom. The Morgan fingerprint density at radius 3 is 2.67 bits per heavy atom. The van der Waals surface area contributed by atoms with Gasteiger partial charge in [0.05, 0.1) is 12.7 Å². The molecule has 1 aromatic rings. The van der Waals surface area contributed by atoms with Crippen LogP contribution in [0.4, 0.5) is 0 Å². The lowest BCUT2D eigenvalue weighted by Crippen LogP contribution is -2.09. The quantitative estimate of drug-likeness (QED) is 0.474. The number of ether oxygens (including phenoxy) is 1. The van der Waals surface area contributed by atoms with Crippen molar-refractivity contribution in [2.45, 2.75) is 51.7 Å². The fourth-order valence-electron chi connectivity index (χ4n) is 2.05. The average Bonchev–Trinajstić information content (AvgIpc) is 2.53. The highest BCUT2D eigenvalue weighted by atomic mass is 16.5. The monoisotopic (exact) mass is 288 g/mol. The molecule has 0 aliphatic heterocycles. The van der Waals surface area contributed by atoms with Gasteiger partial charge in [0, 0.05) is 6.61 Å². The topological polar surface area (TPSA) is 29.5 Å². The maximum Gasteiger partial charge on any atom is 0.0763 e. The van der Waals surface area contributed by atoms with Crippen molar-refractivity contribution in [2.24, 2.45) is 0 Å². The summed E-state index contributed by atoms with van der Waals surface area (Å²) >= 11 is 0. The zero-order valence-corrected chi connectivity index (χ0v) is 13.1. The van der Waals surface area contributed by atoms with Crippen molar-refractivity contribution in [1.82, 2.24) is 0 Å². The Bertz CT molecular complexity index is 395. The van der Waals surface area contributed by atoms with Gasteiger partial charge in [-0.3, -0.25) is 0 Å². The van der Waals surface area contributed by atoms with Crippen molar-refractivity contribution in [3.63, 3.8) is 0 Å². The van der Waals surface area contributed by atoms with Gasteiger partial charge in [0.25, 0.3) is 0 Å². The third kappa shape index (κ3) is 9.22. The summed E-state index contributed by atoms with van der Waals surface area (Å²) in [5.41, 5.74) is 1.21. The second-order valence-corrected chi connectivity index (χ2v) is 5.16. The lowest BCUT2D eigenvalue weighted by Gasteiger charge is -2.14. The molecule has 1 atom stereocenters. The van der Waals surface area contributed by atoms with Gasteiger partial charge in [0.1, 0.15) is 0 Å². The second kappa shape index (κ2) is 12.4. The number of unbranched alkanes of at least 4 members (excludes halogenated alkanes) is 2. The second-order valence-electron chi connectivity index (χ2n) is 5.16. The normalized spacial score (nSPS) is 13.2. The summed E-state index contributed by atoms with van der Waals surface area (Å²) in [4.78, 5) is 0. The van der Waals surface area contributed by atoms with E-state index in [1.807, 2.05) is 36.4 Å². The zero-order valence-electron chi connectivity index (χ0n) is 13.1. The minimum atomic E-state index is 0.163. The largest absolute Gasteiger partial charge is 0.396 e. The predicted octanol–water partition coefficient (Wildman–Crippen LogP) is 4.65. The van der Waals surface area contributed by atoms with E-state index in [-0.39, 0.29) is 12.7 Å². The Kier molecular flexibility index (Phi) is 10.4. The van der Waals surface area contributed by atoms with Crippen LogP contribution in [0.5, 0.6) is 0 Å². The van der Waals surface area contributed by atoms with Crippen LogP contribution in [0.3, 0.4) is 0 Å². The minimum Gasteiger partial charge on any atom is -0.396 e. The van der Waals surface area contributed by atoms with Gasteiger partial charge in [-0.1, -0.05) is 80.8 Å². The molecule has 21 heavy (non-hydrogen) atoms. The molecule has 1 rings (SSSR count). The fraction of sp³-hybridized carbons (Fsp3) is 0.474. The van der Waals surface area contributed by atoms with E-state index in [0.29, 0.717) is 13.0 Å². The molecule has 0 saturated carbocycles. The third-order valence-electron chi connectivity index (χ3n) is 3.27. The molecule has 1 aromatic carbocycles. The van der Waals surface area contributed by atoms with E-state index >= 15 is 0 Å². The van der Waals surface area contributed by atoms with Crippen LogP contribution in [0.15, 0.2) is 54.6 Å². The Morgan fingerprint density at radius 1 is 1.14 bits per heavy atom. The molecule has 0 fully saturated rings. The van der Waals surface area contributed by atoms with Crippen LogP contribution < -0.4 is 0 Å². The van der Waals surface area contributed by atoms with Gasteiger partial charge in [-0.25, -0.2) is 0 Å². The van der Waals surface area contributed by atoms with Crippen LogP contribution >= 0.6 is 0 Å². The molecule has 116 valence electrons. The number of rotatable bonds is 11. The van der Waals surface area contributed by atoms with E-state index in [9.17, 15) is 0 Å². The number of aliphatic hydroxyl groups is 1. The summed E-state index contributed by atoms with van der Waals surface area (Å²) in [7, 11) is 0. The van der Waals surface area contributed by atoms with E-state index in [1.54, 1.807) is 0 Å². The summed E-state index contributed by atoms with van der Waals surface area (Å²) in [6, 6.07) is 10.3. The van der Waals surface area contributed by atoms with E-state index in [1.165, 1.54) is 24.8 Å². The van der Waals surface area contributed by atoms with Gasteiger partial charge in [0.2, 0.25) is 0 Å². The van der Waals surface area contributed by atoms with Crippen LogP contribution in [0.2, 0.25) is 0 Å². The van der Waals surface area contributed by atoms with Gasteiger partial charge < -0.3 is 9.84 Å². The summed E-state index contributed by atoms with van der Waals surface area (Å²) in [6.45, 7) is 3.07. The highest BCUT2D eigenvalue weighted by molar-refractivity contribution is 5.13. The van der Waals surface area contributed by atoms with Crippen LogP contribution in [0.1, 0.15) is 44.6 Å². The molecule has 1 N–H and O–H groups in total. The number of hydrogen-bond donors (Lipinski definition) is 1. The molecule has 0 spiro atoms. The number of aliphatic hydroxyl groups excluding tert-OH is 1. The average molecular weight is 288 g/mol. The van der Waals surface area contributed by atoms with Gasteiger partial charge >= 0.3 is 0 Å². The maximum atomic E-state index is 8.73. The van der Waals surface area contributed by atoms with Crippen LogP contribution in [-0.4, -0.2) is 17.8 Å². The molecular weight excluding hydrogens is 260 g/mol. The Hall–Kier alpha value is -1.38. The van der Waals surface area contributed by atoms with E-state index in [4.69, 9.17) is 9.84 Å². The molecule has 0 aromatic heterocycles. The standard InChI is InChI=1S/C19H28O2/c1-2-3-7-14-19(15-10-4-5-11-16-20)21-17-18-12-8-6-9-13-18/h4-6,8-10,12-13,15,19-20H,2-3,7,11,14,16-17H2,1H3/b5-4-,15-10+/t19-/m0/s1. The highest BCUT2D eigenvalue weighted by Gasteiger charge is 2.04. The first kappa shape index (κ1) is 17.7. The molecular formula is C19H28O2. The maximum absolute atomic E-state index is 8.73. The summed E-state index contributed by atoms with van der Waals surface area (Å²) in [6.07, 6.45) is 13.7. The predicted molar refractivity (Wildman–Crippen MR) is 89.1 cm³/mol. The van der Waals surface area contributed by atoms with Gasteiger partial charge in [0.15, 0.2) is 0 Å². The van der Waals surface area contributed by atoms with Gasteiger partial charge in [-0.05, 0) is 18.4 Å². The highest BCUT2D eigenvalue weighted by Crippen LogP contribution is 2.11. The molecule has 2 heteroatoms. The Labute approximate surface area is 129 Å². The molecule has 0 aliphatic carbocycles. The van der Waals surface area contributed by atoms with Crippen LogP contribution in [-0.2, 0) is 11.3 Å². The molecule has 0 heterocycles. The first-order valence-corrected chi connectivity index (χ1v) is 7.96. The number of hydrogen-bond acceptors (Lipinski definition) is 2. The van der Waals surface area contributed by atoms with E-state index < -0.39 is 0 Å². The van der Waals surface area contributed by atoms with Crippen molar-refractivity contribution < 1.29 is 9.84 Å². The first-order chi connectivity index (χ1) is 10.4. The fourth-order valence-corrected chi connectivity index (χ4v) is 2.05. The van der Waals surface area contributed by atoms with Gasteiger partial charge in [-0.2, -0.15) is 0 Å². The summed E-state index contributed by atoms with van der Waals surface area (Å²) < 4.78 is 6.01. The lowest BCUT2D eigenvalue weighted by molar-refractivity contribution is 0.0648.